The molecule has 0 unspecified atom stereocenters. The number of rotatable bonds is 20. The van der Waals surface area contributed by atoms with Crippen LogP contribution >= 0.6 is 11.8 Å². The van der Waals surface area contributed by atoms with Crippen LogP contribution in [0.5, 0.6) is 0 Å². The molecular formula is C23H41NO5S. The molecule has 1 amide bonds. The zero-order valence-electron chi connectivity index (χ0n) is 18.7. The van der Waals surface area contributed by atoms with E-state index in [0.717, 1.165) is 31.0 Å². The number of thioether (sulfide) groups is 1. The van der Waals surface area contributed by atoms with Gasteiger partial charge in [-0.05, 0) is 6.42 Å². The van der Waals surface area contributed by atoms with Gasteiger partial charge in [0.2, 0.25) is 0 Å². The molecule has 6 nitrogen and oxygen atoms in total. The molecule has 0 fully saturated rings. The lowest BCUT2D eigenvalue weighted by Crippen LogP contribution is -2.43. The molecule has 30 heavy (non-hydrogen) atoms. The number of carboxylic acid groups (broad SMARTS) is 1. The third-order valence-electron chi connectivity index (χ3n) is 4.82. The summed E-state index contributed by atoms with van der Waals surface area (Å²) in [4.78, 5) is 34.6. The third kappa shape index (κ3) is 18.5. The molecule has 174 valence electrons. The molecule has 0 radical (unpaired) electrons. The van der Waals surface area contributed by atoms with Crippen molar-refractivity contribution in [1.82, 2.24) is 5.32 Å². The van der Waals surface area contributed by atoms with E-state index in [0.29, 0.717) is 6.42 Å². The number of aliphatic carboxylic acids is 1. The normalized spacial score (nSPS) is 11.6. The number of carbonyl (C=O) groups excluding carboxylic acids is 2. The smallest absolute Gasteiger partial charge is 0.408 e. The van der Waals surface area contributed by atoms with Gasteiger partial charge in [-0.25, -0.2) is 9.59 Å². The number of alkyl carbamates (subject to hydrolysis) is 1. The Morgan fingerprint density at radius 2 is 1.43 bits per heavy atom. The number of nitrogens with one attached hydrogen (secondary N) is 1. The van der Waals surface area contributed by atoms with Crippen molar-refractivity contribution in [1.29, 1.82) is 0 Å². The highest BCUT2D eigenvalue weighted by Crippen LogP contribution is 2.15. The van der Waals surface area contributed by atoms with Crippen molar-refractivity contribution in [3.8, 4) is 0 Å². The summed E-state index contributed by atoms with van der Waals surface area (Å²) in [6.07, 6.45) is 17.3. The summed E-state index contributed by atoms with van der Waals surface area (Å²) in [6, 6.07) is -1.15. The molecule has 0 heterocycles. The van der Waals surface area contributed by atoms with Gasteiger partial charge in [-0.2, -0.15) is 0 Å². The molecule has 0 aromatic rings. The fourth-order valence-corrected chi connectivity index (χ4v) is 3.90. The molecule has 0 aromatic carbocycles. The quantitative estimate of drug-likeness (QED) is 0.175. The Morgan fingerprint density at radius 1 is 0.933 bits per heavy atom. The molecular weight excluding hydrogens is 402 g/mol. The molecule has 0 spiro atoms. The average Bonchev–Trinajstić information content (AvgIpc) is 2.72. The van der Waals surface area contributed by atoms with E-state index in [-0.39, 0.29) is 17.5 Å². The van der Waals surface area contributed by atoms with Crippen molar-refractivity contribution in [2.24, 2.45) is 0 Å². The molecule has 7 heteroatoms. The van der Waals surface area contributed by atoms with Crippen molar-refractivity contribution < 1.29 is 24.2 Å². The van der Waals surface area contributed by atoms with Crippen LogP contribution in [0.25, 0.3) is 0 Å². The number of unbranched alkanes of at least 4 members (excludes halogenated alkanes) is 12. The second-order valence-corrected chi connectivity index (χ2v) is 8.68. The van der Waals surface area contributed by atoms with Crippen molar-refractivity contribution in [3.05, 3.63) is 12.7 Å². The summed E-state index contributed by atoms with van der Waals surface area (Å²) in [7, 11) is 0. The number of hydrogen-bond donors (Lipinski definition) is 2. The maximum atomic E-state index is 11.9. The van der Waals surface area contributed by atoms with E-state index in [1.165, 1.54) is 70.3 Å². The standard InChI is InChI=1S/C23H41NO5S/c1-3-5-6-7-8-9-10-11-12-13-14-15-16-17-21(25)30-19-20(22(26)27)24-23(28)29-18-4-2/h4,20H,2-3,5-19H2,1H3,(H,24,28)(H,26,27)/t20-/m0/s1. The zero-order valence-corrected chi connectivity index (χ0v) is 19.5. The Kier molecular flexibility index (Phi) is 19.7. The first kappa shape index (κ1) is 28.5. The third-order valence-corrected chi connectivity index (χ3v) is 5.84. The Hall–Kier alpha value is -1.50. The Labute approximate surface area is 186 Å². The van der Waals surface area contributed by atoms with Crippen molar-refractivity contribution >= 4 is 28.9 Å². The Balaban J connectivity index is 3.62. The topological polar surface area (TPSA) is 92.7 Å². The molecule has 0 aromatic heterocycles. The van der Waals surface area contributed by atoms with Crippen LogP contribution in [0.2, 0.25) is 0 Å². The van der Waals surface area contributed by atoms with E-state index in [4.69, 9.17) is 9.84 Å². The summed E-state index contributed by atoms with van der Waals surface area (Å²) >= 11 is 0.953. The van der Waals surface area contributed by atoms with Crippen LogP contribution in [0, 0.1) is 0 Å². The van der Waals surface area contributed by atoms with E-state index in [9.17, 15) is 14.4 Å². The monoisotopic (exact) mass is 443 g/mol. The van der Waals surface area contributed by atoms with E-state index < -0.39 is 18.1 Å². The summed E-state index contributed by atoms with van der Waals surface area (Å²) < 4.78 is 4.71. The van der Waals surface area contributed by atoms with Gasteiger partial charge in [-0.15, -0.1) is 0 Å². The SMILES string of the molecule is C=CCOC(=O)N[C@@H](CSC(=O)CCCCCCCCCCCCCCC)C(=O)O. The van der Waals surface area contributed by atoms with Gasteiger partial charge in [0.1, 0.15) is 12.6 Å². The molecule has 2 N–H and O–H groups in total. The van der Waals surface area contributed by atoms with E-state index in [1.54, 1.807) is 0 Å². The minimum atomic E-state index is -1.19. The molecule has 0 bridgehead atoms. The molecule has 1 atom stereocenters. The Bertz CT molecular complexity index is 484. The van der Waals surface area contributed by atoms with Crippen molar-refractivity contribution in [2.45, 2.75) is 103 Å². The minimum Gasteiger partial charge on any atom is -0.480 e. The average molecular weight is 444 g/mol. The number of ether oxygens (including phenoxy) is 1. The molecule has 0 rings (SSSR count). The van der Waals surface area contributed by atoms with Crippen LogP contribution in [-0.4, -0.2) is 40.7 Å². The molecule has 0 aliphatic carbocycles. The zero-order chi connectivity index (χ0) is 22.5. The first-order chi connectivity index (χ1) is 14.5. The lowest BCUT2D eigenvalue weighted by molar-refractivity contribution is -0.138. The van der Waals surface area contributed by atoms with Gasteiger partial charge in [-0.1, -0.05) is 108 Å². The van der Waals surface area contributed by atoms with Gasteiger partial charge in [0, 0.05) is 12.2 Å². The van der Waals surface area contributed by atoms with E-state index in [1.807, 2.05) is 0 Å². The second-order valence-electron chi connectivity index (χ2n) is 7.60. The Morgan fingerprint density at radius 3 is 1.90 bits per heavy atom. The summed E-state index contributed by atoms with van der Waals surface area (Å²) in [5.74, 6) is -1.19. The molecule has 0 aliphatic heterocycles. The van der Waals surface area contributed by atoms with Crippen LogP contribution in [0.3, 0.4) is 0 Å². The number of amides is 1. The molecule has 0 aliphatic rings. The minimum absolute atomic E-state index is 0.00327. The van der Waals surface area contributed by atoms with Gasteiger partial charge in [-0.3, -0.25) is 4.79 Å². The number of carbonyl (C=O) groups is 3. The van der Waals surface area contributed by atoms with Crippen LogP contribution < -0.4 is 5.32 Å². The maximum Gasteiger partial charge on any atom is 0.408 e. The second kappa shape index (κ2) is 20.8. The fourth-order valence-electron chi connectivity index (χ4n) is 3.03. The van der Waals surface area contributed by atoms with E-state index >= 15 is 0 Å². The summed E-state index contributed by atoms with van der Waals surface area (Å²) in [6.45, 7) is 5.66. The highest BCUT2D eigenvalue weighted by molar-refractivity contribution is 8.13. The molecule has 0 saturated carbocycles. The number of hydrogen-bond acceptors (Lipinski definition) is 5. The molecule has 0 saturated heterocycles. The predicted octanol–water partition coefficient (Wildman–Crippen LogP) is 6.09. The van der Waals surface area contributed by atoms with E-state index in [2.05, 4.69) is 18.8 Å². The van der Waals surface area contributed by atoms with Gasteiger partial charge in [0.05, 0.1) is 0 Å². The predicted molar refractivity (Wildman–Crippen MR) is 124 cm³/mol. The first-order valence-corrected chi connectivity index (χ1v) is 12.4. The fraction of sp³-hybridized carbons (Fsp3) is 0.783. The van der Waals surface area contributed by atoms with Crippen LogP contribution in [0.1, 0.15) is 96.8 Å². The largest absolute Gasteiger partial charge is 0.480 e. The highest BCUT2D eigenvalue weighted by atomic mass is 32.2. The highest BCUT2D eigenvalue weighted by Gasteiger charge is 2.21. The van der Waals surface area contributed by atoms with Crippen LogP contribution in [0.4, 0.5) is 4.79 Å². The number of carboxylic acids is 1. The van der Waals surface area contributed by atoms with Gasteiger partial charge >= 0.3 is 12.1 Å². The van der Waals surface area contributed by atoms with Crippen LogP contribution in [-0.2, 0) is 14.3 Å². The van der Waals surface area contributed by atoms with Gasteiger partial charge in [0.15, 0.2) is 5.12 Å². The summed E-state index contributed by atoms with van der Waals surface area (Å²) in [5.41, 5.74) is 0. The maximum absolute atomic E-state index is 11.9. The van der Waals surface area contributed by atoms with Crippen molar-refractivity contribution in [2.75, 3.05) is 12.4 Å². The lowest BCUT2D eigenvalue weighted by Gasteiger charge is -2.13. The van der Waals surface area contributed by atoms with Crippen molar-refractivity contribution in [3.63, 3.8) is 0 Å². The van der Waals surface area contributed by atoms with Gasteiger partial charge < -0.3 is 15.2 Å². The van der Waals surface area contributed by atoms with Gasteiger partial charge in [0.25, 0.3) is 0 Å². The van der Waals surface area contributed by atoms with Crippen LogP contribution in [0.15, 0.2) is 12.7 Å². The summed E-state index contributed by atoms with van der Waals surface area (Å²) in [5, 5.41) is 11.4. The lowest BCUT2D eigenvalue weighted by atomic mass is 10.0. The first-order valence-electron chi connectivity index (χ1n) is 11.4.